The zero-order valence-electron chi connectivity index (χ0n) is 11.3. The fraction of sp³-hybridized carbons (Fsp3) is 0.467. The van der Waals surface area contributed by atoms with Crippen LogP contribution < -0.4 is 9.80 Å². The Kier molecular flexibility index (Phi) is 3.76. The van der Waals surface area contributed by atoms with Crippen LogP contribution in [0.1, 0.15) is 25.7 Å². The van der Waals surface area contributed by atoms with Crippen molar-refractivity contribution >= 4 is 29.1 Å². The van der Waals surface area contributed by atoms with E-state index in [1.165, 1.54) is 16.2 Å². The van der Waals surface area contributed by atoms with Crippen molar-refractivity contribution in [2.75, 3.05) is 18.0 Å². The molecule has 2 heterocycles. The number of carbonyl (C=O) groups is 2. The Labute approximate surface area is 123 Å². The fourth-order valence-electron chi connectivity index (χ4n) is 3.17. The van der Waals surface area contributed by atoms with Gasteiger partial charge in [-0.05, 0) is 43.5 Å². The zero-order valence-corrected chi connectivity index (χ0v) is 12.0. The molecule has 0 unspecified atom stereocenters. The monoisotopic (exact) mass is 293 g/mol. The van der Waals surface area contributed by atoms with E-state index in [1.54, 1.807) is 24.3 Å². The molecule has 0 spiro atoms. The lowest BCUT2D eigenvalue weighted by Crippen LogP contribution is -3.17. The number of amides is 2. The van der Waals surface area contributed by atoms with Crippen molar-refractivity contribution in [3.63, 3.8) is 0 Å². The van der Waals surface area contributed by atoms with E-state index in [0.29, 0.717) is 17.1 Å². The van der Waals surface area contributed by atoms with Crippen LogP contribution in [0.15, 0.2) is 24.3 Å². The highest BCUT2D eigenvalue weighted by Crippen LogP contribution is 2.23. The molecule has 2 aliphatic rings. The summed E-state index contributed by atoms with van der Waals surface area (Å²) in [5, 5.41) is 0.603. The highest BCUT2D eigenvalue weighted by Gasteiger charge is 2.45. The van der Waals surface area contributed by atoms with E-state index >= 15 is 0 Å². The molecule has 5 heteroatoms. The van der Waals surface area contributed by atoms with Gasteiger partial charge >= 0.3 is 0 Å². The predicted octanol–water partition coefficient (Wildman–Crippen LogP) is 1.04. The number of carbonyl (C=O) groups excluding carboxylic acids is 2. The molecule has 4 nitrogen and oxygen atoms in total. The van der Waals surface area contributed by atoms with Gasteiger partial charge in [0.25, 0.3) is 5.91 Å². The maximum Gasteiger partial charge on any atom is 0.292 e. The van der Waals surface area contributed by atoms with E-state index < -0.39 is 0 Å². The third kappa shape index (κ3) is 2.45. The number of halogens is 1. The van der Waals surface area contributed by atoms with Crippen LogP contribution >= 0.6 is 11.6 Å². The van der Waals surface area contributed by atoms with Crippen molar-refractivity contribution < 1.29 is 14.5 Å². The number of imide groups is 1. The molecule has 106 valence electrons. The Bertz CT molecular complexity index is 523. The van der Waals surface area contributed by atoms with Crippen molar-refractivity contribution in [1.82, 2.24) is 0 Å². The zero-order chi connectivity index (χ0) is 14.1. The van der Waals surface area contributed by atoms with E-state index in [4.69, 9.17) is 11.6 Å². The molecule has 0 saturated carbocycles. The molecule has 1 atom stereocenters. The second-order valence-electron chi connectivity index (χ2n) is 5.52. The van der Waals surface area contributed by atoms with Gasteiger partial charge in [-0.1, -0.05) is 11.6 Å². The molecule has 3 rings (SSSR count). The summed E-state index contributed by atoms with van der Waals surface area (Å²) >= 11 is 5.85. The molecule has 1 aromatic rings. The molecule has 20 heavy (non-hydrogen) atoms. The lowest BCUT2D eigenvalue weighted by molar-refractivity contribution is -0.919. The third-order valence-electron chi connectivity index (χ3n) is 4.22. The number of hydrogen-bond donors (Lipinski definition) is 1. The Morgan fingerprint density at radius 3 is 2.35 bits per heavy atom. The normalized spacial score (nSPS) is 24.4. The number of rotatable bonds is 2. The molecule has 0 radical (unpaired) electrons. The molecule has 2 amide bonds. The van der Waals surface area contributed by atoms with Crippen molar-refractivity contribution in [3.05, 3.63) is 29.3 Å². The average molecular weight is 294 g/mol. The van der Waals surface area contributed by atoms with Crippen LogP contribution in [0, 0.1) is 0 Å². The molecule has 0 aliphatic carbocycles. The molecule has 2 saturated heterocycles. The molecule has 0 aromatic heterocycles. The Hall–Kier alpha value is -1.39. The molecule has 1 aromatic carbocycles. The summed E-state index contributed by atoms with van der Waals surface area (Å²) in [5.74, 6) is -0.158. The number of hydrogen-bond acceptors (Lipinski definition) is 2. The number of likely N-dealkylation sites (tertiary alicyclic amines) is 1. The van der Waals surface area contributed by atoms with Crippen molar-refractivity contribution in [2.45, 2.75) is 31.7 Å². The lowest BCUT2D eigenvalue weighted by Gasteiger charge is -2.27. The SMILES string of the molecule is O=C1C[C@@H]([NH+]2CCCCC2)C(=O)N1c1ccc(Cl)cc1. The maximum atomic E-state index is 12.6. The summed E-state index contributed by atoms with van der Waals surface area (Å²) in [7, 11) is 0. The third-order valence-corrected chi connectivity index (χ3v) is 4.47. The second kappa shape index (κ2) is 5.54. The van der Waals surface area contributed by atoms with Crippen LogP contribution in [0.4, 0.5) is 5.69 Å². The summed E-state index contributed by atoms with van der Waals surface area (Å²) in [4.78, 5) is 27.3. The van der Waals surface area contributed by atoms with Crippen LogP contribution in [0.3, 0.4) is 0 Å². The van der Waals surface area contributed by atoms with Gasteiger partial charge in [0.1, 0.15) is 0 Å². The van der Waals surface area contributed by atoms with Gasteiger partial charge in [0.05, 0.1) is 25.2 Å². The first-order chi connectivity index (χ1) is 9.66. The quantitative estimate of drug-likeness (QED) is 0.828. The fourth-order valence-corrected chi connectivity index (χ4v) is 3.29. The Morgan fingerprint density at radius 1 is 1.05 bits per heavy atom. The van der Waals surface area contributed by atoms with Gasteiger partial charge in [0.2, 0.25) is 5.91 Å². The first-order valence-electron chi connectivity index (χ1n) is 7.14. The minimum atomic E-state index is -0.196. The van der Waals surface area contributed by atoms with Gasteiger partial charge in [-0.25, -0.2) is 4.90 Å². The van der Waals surface area contributed by atoms with E-state index in [0.717, 1.165) is 25.9 Å². The predicted molar refractivity (Wildman–Crippen MR) is 76.9 cm³/mol. The largest absolute Gasteiger partial charge is 0.324 e. The summed E-state index contributed by atoms with van der Waals surface area (Å²) < 4.78 is 0. The van der Waals surface area contributed by atoms with E-state index in [1.807, 2.05) is 0 Å². The van der Waals surface area contributed by atoms with E-state index in [-0.39, 0.29) is 17.9 Å². The Balaban J connectivity index is 1.81. The highest BCUT2D eigenvalue weighted by molar-refractivity contribution is 6.30. The number of anilines is 1. The van der Waals surface area contributed by atoms with Crippen LogP contribution in [-0.2, 0) is 9.59 Å². The summed E-state index contributed by atoms with van der Waals surface area (Å²) in [6.07, 6.45) is 3.86. The van der Waals surface area contributed by atoms with E-state index in [9.17, 15) is 9.59 Å². The smallest absolute Gasteiger partial charge is 0.292 e. The minimum absolute atomic E-state index is 0.0609. The molecule has 2 aliphatic heterocycles. The number of nitrogens with one attached hydrogen (secondary N) is 1. The number of piperidine rings is 1. The van der Waals surface area contributed by atoms with Crippen LogP contribution in [0.5, 0.6) is 0 Å². The van der Waals surface area contributed by atoms with Crippen molar-refractivity contribution in [3.8, 4) is 0 Å². The molecular weight excluding hydrogens is 276 g/mol. The van der Waals surface area contributed by atoms with Crippen molar-refractivity contribution in [1.29, 1.82) is 0 Å². The molecule has 0 bridgehead atoms. The van der Waals surface area contributed by atoms with Gasteiger partial charge in [-0.15, -0.1) is 0 Å². The highest BCUT2D eigenvalue weighted by atomic mass is 35.5. The molecule has 1 N–H and O–H groups in total. The van der Waals surface area contributed by atoms with E-state index in [2.05, 4.69) is 0 Å². The number of nitrogens with zero attached hydrogens (tertiary/aromatic N) is 1. The van der Waals surface area contributed by atoms with Crippen LogP contribution in [0.2, 0.25) is 5.02 Å². The van der Waals surface area contributed by atoms with Gasteiger partial charge in [-0.3, -0.25) is 9.59 Å². The van der Waals surface area contributed by atoms with Gasteiger partial charge in [-0.2, -0.15) is 0 Å². The number of benzene rings is 1. The second-order valence-corrected chi connectivity index (χ2v) is 5.96. The molecular formula is C15H18ClN2O2+. The summed E-state index contributed by atoms with van der Waals surface area (Å²) in [6, 6.07) is 6.67. The first kappa shape index (κ1) is 13.6. The topological polar surface area (TPSA) is 41.8 Å². The van der Waals surface area contributed by atoms with Crippen LogP contribution in [0.25, 0.3) is 0 Å². The number of quaternary nitrogens is 1. The standard InChI is InChI=1S/C15H17ClN2O2/c16-11-4-6-12(7-5-11)18-14(19)10-13(15(18)20)17-8-2-1-3-9-17/h4-7,13H,1-3,8-10H2/p+1/t13-/m1/s1. The van der Waals surface area contributed by atoms with Crippen molar-refractivity contribution in [2.24, 2.45) is 0 Å². The summed E-state index contributed by atoms with van der Waals surface area (Å²) in [5.41, 5.74) is 0.628. The Morgan fingerprint density at radius 2 is 1.70 bits per heavy atom. The summed E-state index contributed by atoms with van der Waals surface area (Å²) in [6.45, 7) is 2.00. The maximum absolute atomic E-state index is 12.6. The molecule has 2 fully saturated rings. The minimum Gasteiger partial charge on any atom is -0.324 e. The van der Waals surface area contributed by atoms with Gasteiger partial charge in [0.15, 0.2) is 6.04 Å². The average Bonchev–Trinajstić information content (AvgIpc) is 2.76. The van der Waals surface area contributed by atoms with Crippen LogP contribution in [-0.4, -0.2) is 30.9 Å². The van der Waals surface area contributed by atoms with Gasteiger partial charge < -0.3 is 4.90 Å². The first-order valence-corrected chi connectivity index (χ1v) is 7.51. The van der Waals surface area contributed by atoms with Gasteiger partial charge in [0, 0.05) is 5.02 Å². The lowest BCUT2D eigenvalue weighted by atomic mass is 10.1.